The van der Waals surface area contributed by atoms with Crippen molar-refractivity contribution < 1.29 is 4.79 Å². The van der Waals surface area contributed by atoms with Gasteiger partial charge in [-0.15, -0.1) is 22.7 Å². The second-order valence-corrected chi connectivity index (χ2v) is 9.34. The molecular weight excluding hydrogens is 416 g/mol. The third-order valence-corrected chi connectivity index (χ3v) is 7.32. The lowest BCUT2D eigenvalue weighted by Gasteiger charge is -2.09. The number of benzene rings is 1. The molecule has 8 heteroatoms. The molecule has 5 rings (SSSR count). The van der Waals surface area contributed by atoms with E-state index in [1.54, 1.807) is 28.9 Å². The molecule has 30 heavy (non-hydrogen) atoms. The Balaban J connectivity index is 1.25. The zero-order chi connectivity index (χ0) is 20.5. The highest BCUT2D eigenvalue weighted by molar-refractivity contribution is 7.18. The molecule has 4 aromatic rings. The van der Waals surface area contributed by atoms with Gasteiger partial charge in [-0.3, -0.25) is 9.59 Å². The maximum absolute atomic E-state index is 12.6. The maximum atomic E-state index is 12.6. The SMILES string of the molecule is O=C(CCc1nc2sc3c(c2c(=O)[nH]1)CCCC3)Nc1ccc(-c2nccs2)cc1. The van der Waals surface area contributed by atoms with Crippen LogP contribution in [0.4, 0.5) is 5.69 Å². The zero-order valence-corrected chi connectivity index (χ0v) is 17.9. The second-order valence-electron chi connectivity index (χ2n) is 7.37. The molecule has 0 bridgehead atoms. The number of aromatic nitrogens is 3. The summed E-state index contributed by atoms with van der Waals surface area (Å²) >= 11 is 3.21. The first kappa shape index (κ1) is 19.1. The Morgan fingerprint density at radius 1 is 1.17 bits per heavy atom. The molecule has 0 saturated carbocycles. The van der Waals surface area contributed by atoms with E-state index in [1.807, 2.05) is 29.6 Å². The van der Waals surface area contributed by atoms with Crippen LogP contribution in [0.1, 0.15) is 35.5 Å². The van der Waals surface area contributed by atoms with Gasteiger partial charge in [0.1, 0.15) is 15.7 Å². The van der Waals surface area contributed by atoms with E-state index in [0.717, 1.165) is 45.7 Å². The van der Waals surface area contributed by atoms with Crippen LogP contribution in [-0.2, 0) is 24.1 Å². The average molecular weight is 437 g/mol. The van der Waals surface area contributed by atoms with Crippen molar-refractivity contribution in [3.8, 4) is 10.6 Å². The van der Waals surface area contributed by atoms with Crippen molar-refractivity contribution in [2.45, 2.75) is 38.5 Å². The van der Waals surface area contributed by atoms with E-state index in [0.29, 0.717) is 12.2 Å². The number of nitrogens with one attached hydrogen (secondary N) is 2. The van der Waals surface area contributed by atoms with E-state index in [4.69, 9.17) is 0 Å². The van der Waals surface area contributed by atoms with Gasteiger partial charge in [0.2, 0.25) is 5.91 Å². The number of fused-ring (bicyclic) bond motifs is 3. The monoisotopic (exact) mass is 436 g/mol. The van der Waals surface area contributed by atoms with Gasteiger partial charge in [0, 0.05) is 40.5 Å². The summed E-state index contributed by atoms with van der Waals surface area (Å²) in [5.41, 5.74) is 2.87. The van der Waals surface area contributed by atoms with Gasteiger partial charge in [0.25, 0.3) is 5.56 Å². The first-order chi connectivity index (χ1) is 14.7. The van der Waals surface area contributed by atoms with Crippen molar-refractivity contribution in [3.63, 3.8) is 0 Å². The van der Waals surface area contributed by atoms with Gasteiger partial charge in [-0.05, 0) is 55.5 Å². The number of aromatic amines is 1. The van der Waals surface area contributed by atoms with Crippen LogP contribution in [0.25, 0.3) is 20.8 Å². The van der Waals surface area contributed by atoms with Crippen LogP contribution in [-0.4, -0.2) is 20.9 Å². The summed E-state index contributed by atoms with van der Waals surface area (Å²) in [6.07, 6.45) is 6.74. The van der Waals surface area contributed by atoms with Crippen molar-refractivity contribution in [2.75, 3.05) is 5.32 Å². The van der Waals surface area contributed by atoms with Gasteiger partial charge in [-0.1, -0.05) is 0 Å². The summed E-state index contributed by atoms with van der Waals surface area (Å²) in [5, 5.41) is 6.55. The minimum atomic E-state index is -0.106. The molecule has 0 unspecified atom stereocenters. The molecule has 3 heterocycles. The van der Waals surface area contributed by atoms with Crippen molar-refractivity contribution in [3.05, 3.63) is 62.5 Å². The van der Waals surface area contributed by atoms with Gasteiger partial charge in [-0.25, -0.2) is 9.97 Å². The van der Waals surface area contributed by atoms with E-state index < -0.39 is 0 Å². The number of carbonyl (C=O) groups is 1. The molecule has 0 atom stereocenters. The van der Waals surface area contributed by atoms with E-state index in [-0.39, 0.29) is 17.9 Å². The number of rotatable bonds is 5. The number of anilines is 1. The fourth-order valence-electron chi connectivity index (χ4n) is 3.84. The molecule has 152 valence electrons. The van der Waals surface area contributed by atoms with Crippen molar-refractivity contribution >= 4 is 44.5 Å². The Bertz CT molecular complexity index is 1260. The predicted molar refractivity (Wildman–Crippen MR) is 121 cm³/mol. The zero-order valence-electron chi connectivity index (χ0n) is 16.2. The van der Waals surface area contributed by atoms with Crippen LogP contribution in [0.2, 0.25) is 0 Å². The van der Waals surface area contributed by atoms with Crippen LogP contribution < -0.4 is 10.9 Å². The van der Waals surface area contributed by atoms with Crippen LogP contribution in [0.5, 0.6) is 0 Å². The summed E-state index contributed by atoms with van der Waals surface area (Å²) < 4.78 is 0. The van der Waals surface area contributed by atoms with Crippen molar-refractivity contribution in [1.82, 2.24) is 15.0 Å². The minimum Gasteiger partial charge on any atom is -0.326 e. The van der Waals surface area contributed by atoms with E-state index in [2.05, 4.69) is 20.3 Å². The number of hydrogen-bond donors (Lipinski definition) is 2. The highest BCUT2D eigenvalue weighted by atomic mass is 32.1. The summed E-state index contributed by atoms with van der Waals surface area (Å²) in [7, 11) is 0. The number of carbonyl (C=O) groups excluding carboxylic acids is 1. The van der Waals surface area contributed by atoms with E-state index >= 15 is 0 Å². The lowest BCUT2D eigenvalue weighted by atomic mass is 9.97. The number of thiazole rings is 1. The number of H-pyrrole nitrogens is 1. The topological polar surface area (TPSA) is 87.7 Å². The Morgan fingerprint density at radius 2 is 2.00 bits per heavy atom. The molecule has 0 aliphatic heterocycles. The maximum Gasteiger partial charge on any atom is 0.259 e. The number of hydrogen-bond acceptors (Lipinski definition) is 6. The van der Waals surface area contributed by atoms with Gasteiger partial charge in [0.15, 0.2) is 0 Å². The lowest BCUT2D eigenvalue weighted by Crippen LogP contribution is -2.16. The molecule has 3 aromatic heterocycles. The molecule has 0 radical (unpaired) electrons. The molecule has 1 amide bonds. The normalized spacial score (nSPS) is 13.3. The third-order valence-electron chi connectivity index (χ3n) is 5.31. The number of nitrogens with zero attached hydrogens (tertiary/aromatic N) is 2. The Kier molecular flexibility index (Phi) is 5.18. The fraction of sp³-hybridized carbons (Fsp3) is 0.273. The quantitative estimate of drug-likeness (QED) is 0.480. The van der Waals surface area contributed by atoms with Crippen LogP contribution in [0.3, 0.4) is 0 Å². The molecule has 1 aromatic carbocycles. The lowest BCUT2D eigenvalue weighted by molar-refractivity contribution is -0.116. The number of thiophene rings is 1. The summed E-state index contributed by atoms with van der Waals surface area (Å²) in [6.45, 7) is 0. The molecule has 0 saturated heterocycles. The fourth-order valence-corrected chi connectivity index (χ4v) is 5.77. The number of amides is 1. The molecular formula is C22H20N4O2S2. The Labute approximate surface area is 181 Å². The van der Waals surface area contributed by atoms with Gasteiger partial charge in [0.05, 0.1) is 5.39 Å². The molecule has 6 nitrogen and oxygen atoms in total. The van der Waals surface area contributed by atoms with Crippen molar-refractivity contribution in [1.29, 1.82) is 0 Å². The first-order valence-corrected chi connectivity index (χ1v) is 11.7. The van der Waals surface area contributed by atoms with Gasteiger partial charge >= 0.3 is 0 Å². The van der Waals surface area contributed by atoms with E-state index in [1.165, 1.54) is 16.9 Å². The number of aryl methyl sites for hydroxylation is 3. The average Bonchev–Trinajstić information content (AvgIpc) is 3.41. The van der Waals surface area contributed by atoms with Crippen LogP contribution in [0, 0.1) is 0 Å². The van der Waals surface area contributed by atoms with Crippen molar-refractivity contribution in [2.24, 2.45) is 0 Å². The summed E-state index contributed by atoms with van der Waals surface area (Å²) in [6, 6.07) is 7.63. The van der Waals surface area contributed by atoms with Gasteiger partial charge in [-0.2, -0.15) is 0 Å². The smallest absolute Gasteiger partial charge is 0.259 e. The first-order valence-electron chi connectivity index (χ1n) is 10.0. The minimum absolute atomic E-state index is 0.0763. The molecule has 0 spiro atoms. The van der Waals surface area contributed by atoms with Crippen LogP contribution in [0.15, 0.2) is 40.6 Å². The van der Waals surface area contributed by atoms with E-state index in [9.17, 15) is 9.59 Å². The highest BCUT2D eigenvalue weighted by Crippen LogP contribution is 2.33. The Hall–Kier alpha value is -2.84. The molecule has 0 fully saturated rings. The highest BCUT2D eigenvalue weighted by Gasteiger charge is 2.19. The predicted octanol–water partition coefficient (Wildman–Crippen LogP) is 4.56. The van der Waals surface area contributed by atoms with Gasteiger partial charge < -0.3 is 10.3 Å². The third kappa shape index (κ3) is 3.80. The molecule has 1 aliphatic carbocycles. The summed E-state index contributed by atoms with van der Waals surface area (Å²) in [4.78, 5) is 38.9. The molecule has 1 aliphatic rings. The standard InChI is InChI=1S/C22H20N4O2S2/c27-18(24-14-7-5-13(6-8-14)21-23-11-12-29-21)10-9-17-25-20(28)19-15-3-1-2-4-16(15)30-22(19)26-17/h5-8,11-12H,1-4,9-10H2,(H,24,27)(H,25,26,28). The second kappa shape index (κ2) is 8.12. The van der Waals surface area contributed by atoms with Crippen LogP contribution >= 0.6 is 22.7 Å². The largest absolute Gasteiger partial charge is 0.326 e. The summed E-state index contributed by atoms with van der Waals surface area (Å²) in [5.74, 6) is 0.464. The molecule has 2 N–H and O–H groups in total. The Morgan fingerprint density at radius 3 is 2.80 bits per heavy atom.